The van der Waals surface area contributed by atoms with Crippen molar-refractivity contribution >= 4 is 11.6 Å². The summed E-state index contributed by atoms with van der Waals surface area (Å²) < 4.78 is 1.82. The Hall–Kier alpha value is -0.500. The lowest BCUT2D eigenvalue weighted by atomic mass is 10.4. The lowest BCUT2D eigenvalue weighted by Crippen LogP contribution is -1.92. The van der Waals surface area contributed by atoms with Crippen molar-refractivity contribution in [2.24, 2.45) is 7.05 Å². The molecule has 0 aliphatic rings. The minimum Gasteiger partial charge on any atom is -0.273 e. The molecule has 0 N–H and O–H groups in total. The van der Waals surface area contributed by atoms with Gasteiger partial charge in [-0.2, -0.15) is 5.10 Å². The maximum atomic E-state index is 5.54. The van der Waals surface area contributed by atoms with E-state index in [-0.39, 0.29) is 0 Å². The van der Waals surface area contributed by atoms with Crippen LogP contribution >= 0.6 is 11.6 Å². The summed E-state index contributed by atoms with van der Waals surface area (Å²) in [5, 5.41) is 4.11. The van der Waals surface area contributed by atoms with Crippen molar-refractivity contribution in [3.8, 4) is 0 Å². The molecule has 0 amide bonds. The molecule has 0 unspecified atom stereocenters. The number of halogens is 1. The first-order valence-corrected chi connectivity index (χ1v) is 3.33. The van der Waals surface area contributed by atoms with Crippen LogP contribution in [0.4, 0.5) is 0 Å². The van der Waals surface area contributed by atoms with E-state index in [1.54, 1.807) is 0 Å². The van der Waals surface area contributed by atoms with Crippen LogP contribution in [-0.2, 0) is 12.9 Å². The number of nitrogens with zero attached hydrogens (tertiary/aromatic N) is 2. The molecule has 0 bridgehead atoms. The highest BCUT2D eigenvalue weighted by molar-refractivity contribution is 6.16. The molecule has 0 saturated heterocycles. The van der Waals surface area contributed by atoms with Crippen molar-refractivity contribution in [1.82, 2.24) is 9.78 Å². The molecule has 0 saturated carbocycles. The standard InChI is InChI=1S/C6H9ClN2/c1-5-3-6(4-7)8-9(5)2/h3H,4H2,1-2H3. The van der Waals surface area contributed by atoms with Crippen molar-refractivity contribution in [3.05, 3.63) is 17.5 Å². The van der Waals surface area contributed by atoms with Gasteiger partial charge in [-0.05, 0) is 13.0 Å². The zero-order chi connectivity index (χ0) is 6.85. The first kappa shape index (κ1) is 6.62. The van der Waals surface area contributed by atoms with Gasteiger partial charge in [-0.1, -0.05) is 0 Å². The third-order valence-electron chi connectivity index (χ3n) is 1.30. The SMILES string of the molecule is Cc1cc(CCl)nn1C. The van der Waals surface area contributed by atoms with E-state index < -0.39 is 0 Å². The monoisotopic (exact) mass is 144 g/mol. The molecule has 1 aromatic heterocycles. The van der Waals surface area contributed by atoms with E-state index in [0.717, 1.165) is 11.4 Å². The Balaban J connectivity index is 2.98. The maximum absolute atomic E-state index is 5.54. The molecule has 50 valence electrons. The molecule has 1 rings (SSSR count). The van der Waals surface area contributed by atoms with Gasteiger partial charge in [-0.25, -0.2) is 0 Å². The van der Waals surface area contributed by atoms with Gasteiger partial charge >= 0.3 is 0 Å². The van der Waals surface area contributed by atoms with Gasteiger partial charge in [0.05, 0.1) is 11.6 Å². The summed E-state index contributed by atoms with van der Waals surface area (Å²) in [6, 6.07) is 1.98. The van der Waals surface area contributed by atoms with Gasteiger partial charge in [0.25, 0.3) is 0 Å². The maximum Gasteiger partial charge on any atom is 0.0774 e. The van der Waals surface area contributed by atoms with Crippen LogP contribution < -0.4 is 0 Å². The molecule has 3 heteroatoms. The van der Waals surface area contributed by atoms with E-state index in [1.807, 2.05) is 24.7 Å². The number of hydrogen-bond donors (Lipinski definition) is 0. The van der Waals surface area contributed by atoms with Gasteiger partial charge in [0.15, 0.2) is 0 Å². The average Bonchev–Trinajstić information content (AvgIpc) is 2.13. The summed E-state index contributed by atoms with van der Waals surface area (Å²) in [4.78, 5) is 0. The van der Waals surface area contributed by atoms with E-state index in [1.165, 1.54) is 0 Å². The van der Waals surface area contributed by atoms with Crippen LogP contribution in [0.3, 0.4) is 0 Å². The summed E-state index contributed by atoms with van der Waals surface area (Å²) >= 11 is 5.54. The molecule has 9 heavy (non-hydrogen) atoms. The molecule has 0 aliphatic heterocycles. The number of hydrogen-bond acceptors (Lipinski definition) is 1. The Morgan fingerprint density at radius 3 is 2.67 bits per heavy atom. The van der Waals surface area contributed by atoms with E-state index in [2.05, 4.69) is 5.10 Å². The van der Waals surface area contributed by atoms with E-state index in [9.17, 15) is 0 Å². The second-order valence-corrected chi connectivity index (χ2v) is 2.30. The summed E-state index contributed by atoms with van der Waals surface area (Å²) in [5.74, 6) is 0.502. The molecule has 0 spiro atoms. The third-order valence-corrected chi connectivity index (χ3v) is 1.58. The number of aromatic nitrogens is 2. The van der Waals surface area contributed by atoms with Crippen LogP contribution in [-0.4, -0.2) is 9.78 Å². The van der Waals surface area contributed by atoms with Gasteiger partial charge in [0.1, 0.15) is 0 Å². The quantitative estimate of drug-likeness (QED) is 0.546. The molecule has 2 nitrogen and oxygen atoms in total. The van der Waals surface area contributed by atoms with Crippen LogP contribution in [0.25, 0.3) is 0 Å². The topological polar surface area (TPSA) is 17.8 Å². The van der Waals surface area contributed by atoms with Crippen molar-refractivity contribution in [3.63, 3.8) is 0 Å². The molecular weight excluding hydrogens is 136 g/mol. The lowest BCUT2D eigenvalue weighted by Gasteiger charge is -1.88. The Bertz CT molecular complexity index is 185. The normalized spacial score (nSPS) is 10.1. The molecule has 0 atom stereocenters. The third kappa shape index (κ3) is 1.24. The van der Waals surface area contributed by atoms with Gasteiger partial charge in [-0.15, -0.1) is 11.6 Å². The molecular formula is C6H9ClN2. The second-order valence-electron chi connectivity index (χ2n) is 2.03. The molecule has 0 aromatic carbocycles. The molecule has 1 aromatic rings. The van der Waals surface area contributed by atoms with Gasteiger partial charge in [0, 0.05) is 12.7 Å². The highest BCUT2D eigenvalue weighted by atomic mass is 35.5. The van der Waals surface area contributed by atoms with E-state index >= 15 is 0 Å². The van der Waals surface area contributed by atoms with E-state index in [0.29, 0.717) is 5.88 Å². The Kier molecular flexibility index (Phi) is 1.76. The van der Waals surface area contributed by atoms with Gasteiger partial charge < -0.3 is 0 Å². The molecule has 0 radical (unpaired) electrons. The molecule has 0 aliphatic carbocycles. The number of rotatable bonds is 1. The Morgan fingerprint density at radius 2 is 2.44 bits per heavy atom. The Labute approximate surface area is 59.4 Å². The highest BCUT2D eigenvalue weighted by Crippen LogP contribution is 2.02. The predicted molar refractivity (Wildman–Crippen MR) is 37.5 cm³/mol. The second kappa shape index (κ2) is 2.40. The minimum atomic E-state index is 0.502. The highest BCUT2D eigenvalue weighted by Gasteiger charge is 1.96. The Morgan fingerprint density at radius 1 is 1.78 bits per heavy atom. The summed E-state index contributed by atoms with van der Waals surface area (Å²) in [6.45, 7) is 2.00. The van der Waals surface area contributed by atoms with Gasteiger partial charge in [0.2, 0.25) is 0 Å². The zero-order valence-electron chi connectivity index (χ0n) is 5.56. The summed E-state index contributed by atoms with van der Waals surface area (Å²) in [7, 11) is 1.91. The summed E-state index contributed by atoms with van der Waals surface area (Å²) in [6.07, 6.45) is 0. The van der Waals surface area contributed by atoms with Crippen molar-refractivity contribution in [2.75, 3.05) is 0 Å². The van der Waals surface area contributed by atoms with Gasteiger partial charge in [-0.3, -0.25) is 4.68 Å². The first-order valence-electron chi connectivity index (χ1n) is 2.79. The fraction of sp³-hybridized carbons (Fsp3) is 0.500. The fourth-order valence-corrected chi connectivity index (χ4v) is 0.831. The van der Waals surface area contributed by atoms with Crippen molar-refractivity contribution in [2.45, 2.75) is 12.8 Å². The molecule has 0 fully saturated rings. The van der Waals surface area contributed by atoms with Crippen LogP contribution in [0.5, 0.6) is 0 Å². The summed E-state index contributed by atoms with van der Waals surface area (Å²) in [5.41, 5.74) is 2.09. The number of alkyl halides is 1. The average molecular weight is 145 g/mol. The number of aryl methyl sites for hydroxylation is 2. The van der Waals surface area contributed by atoms with Crippen molar-refractivity contribution in [1.29, 1.82) is 0 Å². The van der Waals surface area contributed by atoms with E-state index in [4.69, 9.17) is 11.6 Å². The van der Waals surface area contributed by atoms with Crippen LogP contribution in [0.2, 0.25) is 0 Å². The first-order chi connectivity index (χ1) is 4.24. The predicted octanol–water partition coefficient (Wildman–Crippen LogP) is 1.47. The largest absolute Gasteiger partial charge is 0.273 e. The minimum absolute atomic E-state index is 0.502. The van der Waals surface area contributed by atoms with Crippen LogP contribution in [0.1, 0.15) is 11.4 Å². The zero-order valence-corrected chi connectivity index (χ0v) is 6.31. The smallest absolute Gasteiger partial charge is 0.0774 e. The van der Waals surface area contributed by atoms with Crippen LogP contribution in [0.15, 0.2) is 6.07 Å². The van der Waals surface area contributed by atoms with Crippen LogP contribution in [0, 0.1) is 6.92 Å². The van der Waals surface area contributed by atoms with Crippen molar-refractivity contribution < 1.29 is 0 Å². The fourth-order valence-electron chi connectivity index (χ4n) is 0.700. The molecule has 1 heterocycles. The lowest BCUT2D eigenvalue weighted by molar-refractivity contribution is 0.729.